The van der Waals surface area contributed by atoms with Gasteiger partial charge in [-0.3, -0.25) is 4.90 Å². The van der Waals surface area contributed by atoms with Crippen molar-refractivity contribution in [2.75, 3.05) is 26.8 Å². The molecule has 25 heavy (non-hydrogen) atoms. The van der Waals surface area contributed by atoms with Crippen LogP contribution < -0.4 is 15.2 Å². The summed E-state index contributed by atoms with van der Waals surface area (Å²) < 4.78 is 11.2. The van der Waals surface area contributed by atoms with Crippen LogP contribution in [0.4, 0.5) is 0 Å². The van der Waals surface area contributed by atoms with Crippen molar-refractivity contribution in [3.63, 3.8) is 0 Å². The molecule has 4 nitrogen and oxygen atoms in total. The third-order valence-electron chi connectivity index (χ3n) is 4.76. The van der Waals surface area contributed by atoms with Gasteiger partial charge in [0.25, 0.3) is 0 Å². The molecule has 134 valence electrons. The first-order valence-electron chi connectivity index (χ1n) is 9.04. The summed E-state index contributed by atoms with van der Waals surface area (Å²) in [6.07, 6.45) is 0.979. The highest BCUT2D eigenvalue weighted by atomic mass is 16.5. The molecule has 1 aliphatic heterocycles. The predicted molar refractivity (Wildman–Crippen MR) is 101 cm³/mol. The van der Waals surface area contributed by atoms with Crippen molar-refractivity contribution in [1.29, 1.82) is 0 Å². The van der Waals surface area contributed by atoms with Crippen molar-refractivity contribution < 1.29 is 9.47 Å². The molecular formula is C21H28N2O2. The second-order valence-corrected chi connectivity index (χ2v) is 6.71. The molecule has 0 bridgehead atoms. The third-order valence-corrected chi connectivity index (χ3v) is 4.76. The number of hydrogen-bond donors (Lipinski definition) is 1. The summed E-state index contributed by atoms with van der Waals surface area (Å²) in [5, 5.41) is 0. The molecule has 0 radical (unpaired) electrons. The summed E-state index contributed by atoms with van der Waals surface area (Å²) in [6.45, 7) is 5.58. The Hall–Kier alpha value is -2.04. The number of hydrogen-bond acceptors (Lipinski definition) is 4. The number of rotatable bonds is 7. The Labute approximate surface area is 150 Å². The molecule has 0 unspecified atom stereocenters. The molecule has 0 aromatic heterocycles. The van der Waals surface area contributed by atoms with Crippen LogP contribution in [0.15, 0.2) is 48.5 Å². The van der Waals surface area contributed by atoms with Crippen LogP contribution in [0.2, 0.25) is 0 Å². The van der Waals surface area contributed by atoms with E-state index in [0.29, 0.717) is 12.5 Å². The monoisotopic (exact) mass is 340 g/mol. The van der Waals surface area contributed by atoms with Gasteiger partial charge in [0, 0.05) is 31.6 Å². The van der Waals surface area contributed by atoms with E-state index in [1.165, 1.54) is 11.1 Å². The molecule has 0 saturated carbocycles. The van der Waals surface area contributed by atoms with Crippen LogP contribution in [-0.4, -0.2) is 37.7 Å². The lowest BCUT2D eigenvalue weighted by Gasteiger charge is -2.18. The Kier molecular flexibility index (Phi) is 5.95. The fraction of sp³-hybridized carbons (Fsp3) is 0.429. The van der Waals surface area contributed by atoms with E-state index in [-0.39, 0.29) is 6.04 Å². The zero-order chi connectivity index (χ0) is 17.6. The molecule has 1 aliphatic rings. The number of benzene rings is 2. The largest absolute Gasteiger partial charge is 0.493 e. The van der Waals surface area contributed by atoms with Gasteiger partial charge in [-0.25, -0.2) is 0 Å². The third kappa shape index (κ3) is 4.33. The Bertz CT molecular complexity index is 675. The van der Waals surface area contributed by atoms with E-state index >= 15 is 0 Å². The standard InChI is InChI=1S/C21H28N2O2/c1-3-11-25-21-12-16(9-10-20(21)24-2)13-23-14-18(19(22)15-23)17-7-5-4-6-8-17/h4-10,12,18-19H,3,11,13-15,22H2,1-2H3/t18-,19+/m0/s1. The van der Waals surface area contributed by atoms with Gasteiger partial charge in [-0.15, -0.1) is 0 Å². The van der Waals surface area contributed by atoms with Crippen molar-refractivity contribution in [3.8, 4) is 11.5 Å². The highest BCUT2D eigenvalue weighted by molar-refractivity contribution is 5.43. The highest BCUT2D eigenvalue weighted by Crippen LogP contribution is 2.31. The average Bonchev–Trinajstić information content (AvgIpc) is 3.01. The quantitative estimate of drug-likeness (QED) is 0.839. The van der Waals surface area contributed by atoms with E-state index in [0.717, 1.165) is 37.6 Å². The zero-order valence-electron chi connectivity index (χ0n) is 15.2. The first kappa shape index (κ1) is 17.8. The Morgan fingerprint density at radius 2 is 1.88 bits per heavy atom. The maximum atomic E-state index is 6.41. The number of ether oxygens (including phenoxy) is 2. The van der Waals surface area contributed by atoms with Gasteiger partial charge in [-0.1, -0.05) is 43.3 Å². The van der Waals surface area contributed by atoms with E-state index in [2.05, 4.69) is 54.3 Å². The van der Waals surface area contributed by atoms with Gasteiger partial charge in [0.1, 0.15) is 0 Å². The SMILES string of the molecule is CCCOc1cc(CN2C[C@@H](N)[C@H](c3ccccc3)C2)ccc1OC. The number of likely N-dealkylation sites (tertiary alicyclic amines) is 1. The van der Waals surface area contributed by atoms with E-state index < -0.39 is 0 Å². The molecule has 1 heterocycles. The van der Waals surface area contributed by atoms with Gasteiger partial charge >= 0.3 is 0 Å². The first-order valence-corrected chi connectivity index (χ1v) is 9.04. The summed E-state index contributed by atoms with van der Waals surface area (Å²) in [7, 11) is 1.68. The van der Waals surface area contributed by atoms with Crippen molar-refractivity contribution in [2.24, 2.45) is 5.73 Å². The molecule has 0 aliphatic carbocycles. The predicted octanol–water partition coefficient (Wildman–Crippen LogP) is 3.41. The molecule has 0 amide bonds. The fourth-order valence-electron chi connectivity index (χ4n) is 3.50. The van der Waals surface area contributed by atoms with E-state index in [1.54, 1.807) is 7.11 Å². The normalized spacial score (nSPS) is 20.6. The zero-order valence-corrected chi connectivity index (χ0v) is 15.2. The van der Waals surface area contributed by atoms with Crippen molar-refractivity contribution in [3.05, 3.63) is 59.7 Å². The van der Waals surface area contributed by atoms with Crippen LogP contribution in [0.3, 0.4) is 0 Å². The van der Waals surface area contributed by atoms with Gasteiger partial charge < -0.3 is 15.2 Å². The lowest BCUT2D eigenvalue weighted by atomic mass is 9.95. The van der Waals surface area contributed by atoms with Gasteiger partial charge in [0.05, 0.1) is 13.7 Å². The second kappa shape index (κ2) is 8.37. The number of methoxy groups -OCH3 is 1. The molecule has 4 heteroatoms. The van der Waals surface area contributed by atoms with Crippen molar-refractivity contribution in [1.82, 2.24) is 4.90 Å². The first-order chi connectivity index (χ1) is 12.2. The summed E-state index contributed by atoms with van der Waals surface area (Å²) >= 11 is 0. The molecule has 2 atom stereocenters. The van der Waals surface area contributed by atoms with Crippen LogP contribution >= 0.6 is 0 Å². The molecule has 2 aromatic carbocycles. The lowest BCUT2D eigenvalue weighted by molar-refractivity contribution is 0.291. The topological polar surface area (TPSA) is 47.7 Å². The minimum absolute atomic E-state index is 0.177. The van der Waals surface area contributed by atoms with Gasteiger partial charge in [-0.2, -0.15) is 0 Å². The maximum absolute atomic E-state index is 6.41. The van der Waals surface area contributed by atoms with Crippen LogP contribution in [0.1, 0.15) is 30.4 Å². The molecule has 0 spiro atoms. The minimum atomic E-state index is 0.177. The van der Waals surface area contributed by atoms with E-state index in [1.807, 2.05) is 6.07 Å². The van der Waals surface area contributed by atoms with Crippen molar-refractivity contribution >= 4 is 0 Å². The Balaban J connectivity index is 1.68. The van der Waals surface area contributed by atoms with Crippen LogP contribution in [0, 0.1) is 0 Å². The Morgan fingerprint density at radius 3 is 2.60 bits per heavy atom. The molecular weight excluding hydrogens is 312 g/mol. The van der Waals surface area contributed by atoms with E-state index in [9.17, 15) is 0 Å². The van der Waals surface area contributed by atoms with Gasteiger partial charge in [0.15, 0.2) is 11.5 Å². The van der Waals surface area contributed by atoms with Crippen LogP contribution in [0.5, 0.6) is 11.5 Å². The Morgan fingerprint density at radius 1 is 1.08 bits per heavy atom. The van der Waals surface area contributed by atoms with Crippen LogP contribution in [-0.2, 0) is 6.54 Å². The molecule has 3 rings (SSSR count). The fourth-order valence-corrected chi connectivity index (χ4v) is 3.50. The summed E-state index contributed by atoms with van der Waals surface area (Å²) in [4.78, 5) is 2.42. The van der Waals surface area contributed by atoms with Gasteiger partial charge in [0.2, 0.25) is 0 Å². The molecule has 1 fully saturated rings. The number of nitrogens with two attached hydrogens (primary N) is 1. The smallest absolute Gasteiger partial charge is 0.161 e. The average molecular weight is 340 g/mol. The molecule has 1 saturated heterocycles. The molecule has 2 N–H and O–H groups in total. The lowest BCUT2D eigenvalue weighted by Crippen LogP contribution is -2.28. The van der Waals surface area contributed by atoms with Crippen molar-refractivity contribution in [2.45, 2.75) is 31.8 Å². The minimum Gasteiger partial charge on any atom is -0.493 e. The molecule has 2 aromatic rings. The maximum Gasteiger partial charge on any atom is 0.161 e. The highest BCUT2D eigenvalue weighted by Gasteiger charge is 2.31. The van der Waals surface area contributed by atoms with Crippen LogP contribution in [0.25, 0.3) is 0 Å². The summed E-state index contributed by atoms with van der Waals surface area (Å²) in [5.41, 5.74) is 8.97. The summed E-state index contributed by atoms with van der Waals surface area (Å²) in [6, 6.07) is 17.0. The van der Waals surface area contributed by atoms with E-state index in [4.69, 9.17) is 15.2 Å². The summed E-state index contributed by atoms with van der Waals surface area (Å²) in [5.74, 6) is 2.01. The van der Waals surface area contributed by atoms with Gasteiger partial charge in [-0.05, 0) is 29.7 Å². The second-order valence-electron chi connectivity index (χ2n) is 6.71. The number of nitrogens with zero attached hydrogens (tertiary/aromatic N) is 1.